The van der Waals surface area contributed by atoms with Gasteiger partial charge < -0.3 is 9.80 Å². The van der Waals surface area contributed by atoms with Crippen LogP contribution in [-0.2, 0) is 5.41 Å². The molecule has 0 bridgehead atoms. The highest BCUT2D eigenvalue weighted by Gasteiger charge is 2.56. The molecule has 0 saturated heterocycles. The predicted octanol–water partition coefficient (Wildman–Crippen LogP) is 10.5. The lowest BCUT2D eigenvalue weighted by atomic mass is 9.36. The molecular weight excluding hydrogens is 647 g/mol. The van der Waals surface area contributed by atoms with Crippen molar-refractivity contribution in [3.63, 3.8) is 0 Å². The summed E-state index contributed by atoms with van der Waals surface area (Å²) in [6.45, 7) is 2.30. The molecule has 52 heavy (non-hydrogen) atoms. The summed E-state index contributed by atoms with van der Waals surface area (Å²) in [6, 6.07) is 63.5. The second-order valence-corrected chi connectivity index (χ2v) is 15.5. The molecule has 0 amide bonds. The standard InChI is InChI=1S/C48H31BN2S/c1-30-27-28-39-42(29-30)50(31-15-4-2-5-16-31)40-25-14-26-41-44(40)49(39)47-45(51(41)32-17-6-3-7-18-32)43-35-21-10-13-24-38(35)48(46(43)52-47)36-22-11-8-19-33(36)34-20-9-12-23-37(34)48/h2-29H,1H3. The minimum Gasteiger partial charge on any atom is -0.311 e. The Morgan fingerprint density at radius 1 is 0.500 bits per heavy atom. The van der Waals surface area contributed by atoms with Gasteiger partial charge in [-0.2, -0.15) is 0 Å². The Balaban J connectivity index is 1.24. The van der Waals surface area contributed by atoms with Crippen molar-refractivity contribution < 1.29 is 0 Å². The third kappa shape index (κ3) is 3.41. The van der Waals surface area contributed by atoms with E-state index in [0.717, 1.165) is 0 Å². The molecule has 0 fully saturated rings. The summed E-state index contributed by atoms with van der Waals surface area (Å²) in [6.07, 6.45) is 0. The number of fused-ring (bicyclic) bond motifs is 15. The summed E-state index contributed by atoms with van der Waals surface area (Å²) >= 11 is 2.05. The van der Waals surface area contributed by atoms with E-state index >= 15 is 0 Å². The Labute approximate surface area is 308 Å². The Bertz CT molecular complexity index is 2740. The van der Waals surface area contributed by atoms with E-state index in [1.807, 2.05) is 11.3 Å². The summed E-state index contributed by atoms with van der Waals surface area (Å²) in [5.74, 6) is 0. The van der Waals surface area contributed by atoms with Crippen LogP contribution in [0.4, 0.5) is 34.1 Å². The topological polar surface area (TPSA) is 6.48 Å². The van der Waals surface area contributed by atoms with Crippen LogP contribution in [0.5, 0.6) is 0 Å². The van der Waals surface area contributed by atoms with Crippen molar-refractivity contribution in [2.24, 2.45) is 0 Å². The summed E-state index contributed by atoms with van der Waals surface area (Å²) in [5.41, 5.74) is 20.6. The van der Waals surface area contributed by atoms with Gasteiger partial charge in [0.2, 0.25) is 0 Å². The van der Waals surface area contributed by atoms with Crippen molar-refractivity contribution in [3.05, 3.63) is 197 Å². The highest BCUT2D eigenvalue weighted by molar-refractivity contribution is 7.30. The number of nitrogens with zero attached hydrogens (tertiary/aromatic N) is 2. The van der Waals surface area contributed by atoms with E-state index in [4.69, 9.17) is 0 Å². The molecule has 7 aromatic carbocycles. The first kappa shape index (κ1) is 28.6. The zero-order chi connectivity index (χ0) is 34.1. The fourth-order valence-corrected chi connectivity index (χ4v) is 11.7. The molecule has 0 atom stereocenters. The van der Waals surface area contributed by atoms with E-state index in [-0.39, 0.29) is 12.1 Å². The van der Waals surface area contributed by atoms with Crippen LogP contribution in [-0.4, -0.2) is 6.71 Å². The average molecular weight is 679 g/mol. The van der Waals surface area contributed by atoms with Crippen molar-refractivity contribution in [1.82, 2.24) is 0 Å². The van der Waals surface area contributed by atoms with Crippen molar-refractivity contribution in [2.75, 3.05) is 9.80 Å². The summed E-state index contributed by atoms with van der Waals surface area (Å²) in [4.78, 5) is 6.52. The van der Waals surface area contributed by atoms with E-state index in [0.29, 0.717) is 0 Å². The molecule has 3 heterocycles. The normalized spacial score (nSPS) is 14.7. The van der Waals surface area contributed by atoms with E-state index in [9.17, 15) is 0 Å². The van der Waals surface area contributed by atoms with Crippen molar-refractivity contribution in [1.29, 1.82) is 0 Å². The quantitative estimate of drug-likeness (QED) is 0.168. The van der Waals surface area contributed by atoms with E-state index < -0.39 is 0 Å². The van der Waals surface area contributed by atoms with Crippen LogP contribution >= 0.6 is 11.3 Å². The molecule has 0 radical (unpaired) electrons. The zero-order valence-corrected chi connectivity index (χ0v) is 29.4. The zero-order valence-electron chi connectivity index (χ0n) is 28.5. The van der Waals surface area contributed by atoms with Gasteiger partial charge in [0.05, 0.1) is 11.1 Å². The molecule has 2 nitrogen and oxygen atoms in total. The summed E-state index contributed by atoms with van der Waals surface area (Å²) in [5, 5.41) is 0. The van der Waals surface area contributed by atoms with Crippen LogP contribution in [0, 0.1) is 6.92 Å². The van der Waals surface area contributed by atoms with Gasteiger partial charge in [-0.1, -0.05) is 127 Å². The molecule has 1 spiro atoms. The maximum atomic E-state index is 2.59. The van der Waals surface area contributed by atoms with Crippen LogP contribution in [0.1, 0.15) is 27.1 Å². The van der Waals surface area contributed by atoms with Gasteiger partial charge in [0, 0.05) is 43.7 Å². The number of hydrogen-bond donors (Lipinski definition) is 0. The third-order valence-corrected chi connectivity index (χ3v) is 13.2. The lowest BCUT2D eigenvalue weighted by Crippen LogP contribution is -2.60. The molecular formula is C48H31BN2S. The van der Waals surface area contributed by atoms with Gasteiger partial charge in [-0.15, -0.1) is 11.3 Å². The number of benzene rings is 7. The molecule has 4 aliphatic rings. The molecule has 0 unspecified atom stereocenters. The van der Waals surface area contributed by atoms with E-state index in [2.05, 4.69) is 187 Å². The molecule has 0 saturated carbocycles. The molecule has 12 rings (SSSR count). The highest BCUT2D eigenvalue weighted by atomic mass is 32.1. The largest absolute Gasteiger partial charge is 0.311 e. The Morgan fingerprint density at radius 2 is 1.04 bits per heavy atom. The fourth-order valence-electron chi connectivity index (χ4n) is 9.99. The molecule has 0 N–H and O–H groups in total. The van der Waals surface area contributed by atoms with Gasteiger partial charge in [-0.05, 0) is 99.3 Å². The van der Waals surface area contributed by atoms with Crippen LogP contribution in [0.2, 0.25) is 0 Å². The fraction of sp³-hybridized carbons (Fsp3) is 0.0417. The van der Waals surface area contributed by atoms with Gasteiger partial charge in [-0.3, -0.25) is 0 Å². The Morgan fingerprint density at radius 3 is 1.69 bits per heavy atom. The van der Waals surface area contributed by atoms with Crippen molar-refractivity contribution in [3.8, 4) is 22.3 Å². The molecule has 8 aromatic rings. The van der Waals surface area contributed by atoms with Crippen LogP contribution in [0.25, 0.3) is 22.3 Å². The van der Waals surface area contributed by atoms with Gasteiger partial charge in [0.1, 0.15) is 0 Å². The van der Waals surface area contributed by atoms with E-state index in [1.54, 1.807) is 0 Å². The van der Waals surface area contributed by atoms with Crippen LogP contribution in [0.3, 0.4) is 0 Å². The number of hydrogen-bond acceptors (Lipinski definition) is 3. The predicted molar refractivity (Wildman–Crippen MR) is 219 cm³/mol. The smallest absolute Gasteiger partial charge is 0.264 e. The minimum atomic E-state index is -0.390. The van der Waals surface area contributed by atoms with E-state index in [1.165, 1.54) is 99.2 Å². The number of para-hydroxylation sites is 2. The Hall–Kier alpha value is -6.10. The van der Waals surface area contributed by atoms with Crippen molar-refractivity contribution >= 4 is 67.9 Å². The molecule has 4 heteroatoms. The first-order valence-electron chi connectivity index (χ1n) is 18.2. The molecule has 2 aliphatic heterocycles. The van der Waals surface area contributed by atoms with Crippen molar-refractivity contribution in [2.45, 2.75) is 12.3 Å². The summed E-state index contributed by atoms with van der Waals surface area (Å²) < 4.78 is 1.42. The SMILES string of the molecule is Cc1ccc2c(c1)N(c1ccccc1)c1cccc3c1B2c1sc2c(c1N3c1ccccc1)-c1ccccc1C21c2ccccc2-c2ccccc21. The number of aryl methyl sites for hydroxylation is 1. The Kier molecular flexibility index (Phi) is 5.63. The van der Waals surface area contributed by atoms with Crippen LogP contribution in [0.15, 0.2) is 170 Å². The van der Waals surface area contributed by atoms with Crippen LogP contribution < -0.4 is 25.5 Å². The molecule has 242 valence electrons. The first-order chi connectivity index (χ1) is 25.7. The highest BCUT2D eigenvalue weighted by Crippen LogP contribution is 2.66. The lowest BCUT2D eigenvalue weighted by molar-refractivity contribution is 0.811. The first-order valence-corrected chi connectivity index (χ1v) is 19.0. The second-order valence-electron chi connectivity index (χ2n) is 14.5. The lowest BCUT2D eigenvalue weighted by Gasteiger charge is -2.43. The maximum Gasteiger partial charge on any atom is 0.264 e. The molecule has 2 aliphatic carbocycles. The second kappa shape index (κ2) is 10.2. The number of thiophene rings is 1. The average Bonchev–Trinajstić information content (AvgIpc) is 3.82. The minimum absolute atomic E-state index is 0.0865. The third-order valence-electron chi connectivity index (χ3n) is 11.9. The summed E-state index contributed by atoms with van der Waals surface area (Å²) in [7, 11) is 0. The van der Waals surface area contributed by atoms with Gasteiger partial charge in [0.25, 0.3) is 6.71 Å². The van der Waals surface area contributed by atoms with Gasteiger partial charge >= 0.3 is 0 Å². The molecule has 1 aromatic heterocycles. The number of anilines is 6. The maximum absolute atomic E-state index is 2.59. The monoisotopic (exact) mass is 678 g/mol. The number of rotatable bonds is 2. The van der Waals surface area contributed by atoms with Gasteiger partial charge in [-0.25, -0.2) is 0 Å². The van der Waals surface area contributed by atoms with Gasteiger partial charge in [0.15, 0.2) is 0 Å².